The van der Waals surface area contributed by atoms with Crippen LogP contribution in [0.2, 0.25) is 0 Å². The molecule has 0 aromatic heterocycles. The third-order valence-corrected chi connectivity index (χ3v) is 4.69. The summed E-state index contributed by atoms with van der Waals surface area (Å²) in [5.41, 5.74) is 0. The topological polar surface area (TPSA) is 136 Å². The number of fused-ring (bicyclic) bond motifs is 2. The van der Waals surface area contributed by atoms with Gasteiger partial charge in [0.25, 0.3) is 0 Å². The summed E-state index contributed by atoms with van der Waals surface area (Å²) in [5, 5.41) is 40.2. The van der Waals surface area contributed by atoms with Gasteiger partial charge < -0.3 is 48.8 Å². The molecular weight excluding hydrogens is 328 g/mol. The summed E-state index contributed by atoms with van der Waals surface area (Å²) < 4.78 is 32.2. The molecule has 3 saturated heterocycles. The summed E-state index contributed by atoms with van der Waals surface area (Å²) >= 11 is 0. The molecule has 0 radical (unpaired) electrons. The first-order chi connectivity index (χ1) is 11.5. The minimum Gasteiger partial charge on any atom is -0.394 e. The molecule has 10 nitrogen and oxygen atoms in total. The molecule has 3 rings (SSSR count). The molecule has 24 heavy (non-hydrogen) atoms. The first-order valence-corrected chi connectivity index (χ1v) is 7.80. The average molecular weight is 352 g/mol. The third-order valence-electron chi connectivity index (χ3n) is 4.69. The van der Waals surface area contributed by atoms with Crippen LogP contribution in [0.4, 0.5) is 0 Å². The van der Waals surface area contributed by atoms with Crippen LogP contribution in [0.5, 0.6) is 0 Å². The number of aliphatic hydroxyl groups excluding tert-OH is 4. The van der Waals surface area contributed by atoms with E-state index < -0.39 is 68.0 Å². The maximum Gasteiger partial charge on any atom is 0.187 e. The van der Waals surface area contributed by atoms with Gasteiger partial charge >= 0.3 is 0 Å². The van der Waals surface area contributed by atoms with Gasteiger partial charge in [0.05, 0.1) is 13.2 Å². The predicted octanol–water partition coefficient (Wildman–Crippen LogP) is -3.04. The Morgan fingerprint density at radius 3 is 2.29 bits per heavy atom. The Kier molecular flexibility index (Phi) is 5.72. The summed E-state index contributed by atoms with van der Waals surface area (Å²) in [7, 11) is 2.82. The van der Waals surface area contributed by atoms with E-state index in [1.165, 1.54) is 14.2 Å². The normalized spacial score (nSPS) is 51.8. The highest BCUT2D eigenvalue weighted by Crippen LogP contribution is 2.34. The number of aliphatic hydroxyl groups is 4. The second-order valence-corrected chi connectivity index (χ2v) is 6.07. The largest absolute Gasteiger partial charge is 0.394 e. The summed E-state index contributed by atoms with van der Waals surface area (Å²) in [6.45, 7) is -0.235. The zero-order chi connectivity index (χ0) is 17.4. The van der Waals surface area contributed by atoms with E-state index in [-0.39, 0.29) is 6.61 Å². The van der Waals surface area contributed by atoms with Crippen molar-refractivity contribution in [1.29, 1.82) is 0 Å². The highest BCUT2D eigenvalue weighted by Gasteiger charge is 2.54. The minimum atomic E-state index is -1.33. The monoisotopic (exact) mass is 352 g/mol. The number of rotatable bonds is 5. The number of hydrogen-bond acceptors (Lipinski definition) is 10. The number of methoxy groups -OCH3 is 2. The molecule has 2 bridgehead atoms. The van der Waals surface area contributed by atoms with Crippen LogP contribution in [-0.4, -0.2) is 109 Å². The van der Waals surface area contributed by atoms with Gasteiger partial charge in [-0.25, -0.2) is 0 Å². The van der Waals surface area contributed by atoms with Gasteiger partial charge in [-0.05, 0) is 0 Å². The van der Waals surface area contributed by atoms with Crippen molar-refractivity contribution in [3.05, 3.63) is 0 Å². The molecular formula is C14H24O10. The Bertz CT molecular complexity index is 406. The van der Waals surface area contributed by atoms with Gasteiger partial charge in [0, 0.05) is 14.2 Å². The molecule has 10 atom stereocenters. The van der Waals surface area contributed by atoms with E-state index in [9.17, 15) is 20.4 Å². The molecule has 0 spiro atoms. The molecule has 0 aromatic rings. The number of hydrogen-bond donors (Lipinski definition) is 4. The van der Waals surface area contributed by atoms with Crippen molar-refractivity contribution < 1.29 is 48.8 Å². The van der Waals surface area contributed by atoms with Gasteiger partial charge in [-0.3, -0.25) is 0 Å². The molecule has 3 fully saturated rings. The predicted molar refractivity (Wildman–Crippen MR) is 74.8 cm³/mol. The Hall–Kier alpha value is -0.400. The van der Waals surface area contributed by atoms with Gasteiger partial charge in [-0.2, -0.15) is 0 Å². The SMILES string of the molecule is CO[C@@H]1OC(CO)C(O)[C@H](O[C@@H]2O[C@@H]3CO[C@@H](C2O)[C@@H]3OC)C1O. The standard InChI is InChI=1S/C14H24O10/c1-19-10-6-4-21-12(10)9(18)14(23-6)24-11-7(16)5(3-15)22-13(20-2)8(11)17/h5-18H,3-4H2,1-2H3/t5?,6-,7?,8?,9?,10-,11+,12+,13-,14+/m1/s1. The van der Waals surface area contributed by atoms with Crippen molar-refractivity contribution in [2.75, 3.05) is 27.4 Å². The van der Waals surface area contributed by atoms with Gasteiger partial charge in [0.1, 0.15) is 48.8 Å². The molecule has 140 valence electrons. The summed E-state index contributed by atoms with van der Waals surface area (Å²) in [6, 6.07) is 0. The van der Waals surface area contributed by atoms with E-state index in [2.05, 4.69) is 0 Å². The third kappa shape index (κ3) is 3.07. The van der Waals surface area contributed by atoms with Crippen LogP contribution in [0.3, 0.4) is 0 Å². The lowest BCUT2D eigenvalue weighted by Crippen LogP contribution is -2.63. The van der Waals surface area contributed by atoms with Gasteiger partial charge in [-0.15, -0.1) is 0 Å². The van der Waals surface area contributed by atoms with Crippen molar-refractivity contribution in [1.82, 2.24) is 0 Å². The molecule has 3 heterocycles. The van der Waals surface area contributed by atoms with Gasteiger partial charge in [0.2, 0.25) is 0 Å². The van der Waals surface area contributed by atoms with Crippen molar-refractivity contribution in [3.8, 4) is 0 Å². The fourth-order valence-electron chi connectivity index (χ4n) is 3.39. The smallest absolute Gasteiger partial charge is 0.187 e. The molecule has 0 aliphatic carbocycles. The van der Waals surface area contributed by atoms with Crippen molar-refractivity contribution in [3.63, 3.8) is 0 Å². The van der Waals surface area contributed by atoms with E-state index in [1.807, 2.05) is 0 Å². The highest BCUT2D eigenvalue weighted by atomic mass is 16.7. The van der Waals surface area contributed by atoms with Crippen LogP contribution < -0.4 is 0 Å². The van der Waals surface area contributed by atoms with Crippen molar-refractivity contribution in [2.45, 2.75) is 61.4 Å². The quantitative estimate of drug-likeness (QED) is 0.404. The second kappa shape index (κ2) is 7.46. The summed E-state index contributed by atoms with van der Waals surface area (Å²) in [4.78, 5) is 0. The molecule has 3 aliphatic rings. The van der Waals surface area contributed by atoms with Crippen LogP contribution >= 0.6 is 0 Å². The number of ether oxygens (including phenoxy) is 6. The molecule has 0 saturated carbocycles. The lowest BCUT2D eigenvalue weighted by Gasteiger charge is -2.44. The molecule has 4 N–H and O–H groups in total. The second-order valence-electron chi connectivity index (χ2n) is 6.07. The Labute approximate surface area is 138 Å². The molecule has 0 aromatic carbocycles. The van der Waals surface area contributed by atoms with E-state index in [1.54, 1.807) is 0 Å². The molecule has 0 amide bonds. The Morgan fingerprint density at radius 1 is 0.917 bits per heavy atom. The zero-order valence-electron chi connectivity index (χ0n) is 13.4. The van der Waals surface area contributed by atoms with Gasteiger partial charge in [-0.1, -0.05) is 0 Å². The highest BCUT2D eigenvalue weighted by molar-refractivity contribution is 4.98. The molecule has 10 heteroatoms. The minimum absolute atomic E-state index is 0.249. The van der Waals surface area contributed by atoms with Crippen LogP contribution in [-0.2, 0) is 28.4 Å². The zero-order valence-corrected chi connectivity index (χ0v) is 13.4. The van der Waals surface area contributed by atoms with Crippen molar-refractivity contribution in [2.24, 2.45) is 0 Å². The van der Waals surface area contributed by atoms with E-state index in [4.69, 9.17) is 28.4 Å². The van der Waals surface area contributed by atoms with Gasteiger partial charge in [0.15, 0.2) is 12.6 Å². The first-order valence-electron chi connectivity index (χ1n) is 7.80. The lowest BCUT2D eigenvalue weighted by atomic mass is 9.98. The molecule has 4 unspecified atom stereocenters. The Balaban J connectivity index is 1.72. The summed E-state index contributed by atoms with van der Waals surface area (Å²) in [5.74, 6) is 0. The maximum absolute atomic E-state index is 10.4. The summed E-state index contributed by atoms with van der Waals surface area (Å²) in [6.07, 6.45) is -9.68. The van der Waals surface area contributed by atoms with E-state index >= 15 is 0 Å². The van der Waals surface area contributed by atoms with Crippen LogP contribution in [0.1, 0.15) is 0 Å². The first kappa shape index (κ1) is 18.4. The average Bonchev–Trinajstić information content (AvgIpc) is 2.92. The van der Waals surface area contributed by atoms with E-state index in [0.29, 0.717) is 0 Å². The van der Waals surface area contributed by atoms with Crippen molar-refractivity contribution >= 4 is 0 Å². The Morgan fingerprint density at radius 2 is 1.67 bits per heavy atom. The van der Waals surface area contributed by atoms with Crippen LogP contribution in [0.15, 0.2) is 0 Å². The lowest BCUT2D eigenvalue weighted by molar-refractivity contribution is -0.345. The molecule has 3 aliphatic heterocycles. The van der Waals surface area contributed by atoms with Crippen LogP contribution in [0, 0.1) is 0 Å². The fourth-order valence-corrected chi connectivity index (χ4v) is 3.39. The maximum atomic E-state index is 10.4. The van der Waals surface area contributed by atoms with Crippen LogP contribution in [0.25, 0.3) is 0 Å². The van der Waals surface area contributed by atoms with E-state index in [0.717, 1.165) is 0 Å². The fraction of sp³-hybridized carbons (Fsp3) is 1.00.